The number of carboxylic acid groups (broad SMARTS) is 1. The summed E-state index contributed by atoms with van der Waals surface area (Å²) in [6.07, 6.45) is -2.87. The van der Waals surface area contributed by atoms with Crippen molar-refractivity contribution in [3.63, 3.8) is 0 Å². The van der Waals surface area contributed by atoms with Gasteiger partial charge in [-0.25, -0.2) is 14.4 Å². The van der Waals surface area contributed by atoms with E-state index in [1.165, 1.54) is 18.2 Å². The van der Waals surface area contributed by atoms with Gasteiger partial charge < -0.3 is 39.3 Å². The molecule has 0 aliphatic rings. The molecule has 12 nitrogen and oxygen atoms in total. The van der Waals surface area contributed by atoms with Crippen LogP contribution in [0.3, 0.4) is 0 Å². The highest BCUT2D eigenvalue weighted by Gasteiger charge is 2.30. The predicted octanol–water partition coefficient (Wildman–Crippen LogP) is 5.15. The molecule has 0 spiro atoms. The maximum atomic E-state index is 12.3. The molecule has 1 aromatic rings. The topological polar surface area (TPSA) is 170 Å². The van der Waals surface area contributed by atoms with E-state index in [1.54, 1.807) is 20.8 Å². The summed E-state index contributed by atoms with van der Waals surface area (Å²) in [4.78, 5) is 48.2. The van der Waals surface area contributed by atoms with Gasteiger partial charge in [0.2, 0.25) is 0 Å². The number of hydrogen-bond donors (Lipinski definition) is 2. The van der Waals surface area contributed by atoms with Gasteiger partial charge in [-0.05, 0) is 64.2 Å². The summed E-state index contributed by atoms with van der Waals surface area (Å²) in [7, 11) is 0. The van der Waals surface area contributed by atoms with Crippen LogP contribution in [0.25, 0.3) is 0 Å². The van der Waals surface area contributed by atoms with Crippen LogP contribution >= 0.6 is 0 Å². The number of rotatable bonds is 14. The molecule has 0 fully saturated rings. The summed E-state index contributed by atoms with van der Waals surface area (Å²) in [5.74, 6) is -2.56. The van der Waals surface area contributed by atoms with E-state index in [9.17, 15) is 24.3 Å². The second-order valence-corrected chi connectivity index (χ2v) is 8.82. The van der Waals surface area contributed by atoms with Crippen LogP contribution in [0.4, 0.5) is 14.4 Å². The van der Waals surface area contributed by atoms with Crippen molar-refractivity contribution < 1.29 is 52.7 Å². The van der Waals surface area contributed by atoms with Crippen LogP contribution in [-0.4, -0.2) is 60.5 Å². The van der Waals surface area contributed by atoms with Crippen molar-refractivity contribution in [3.8, 4) is 11.5 Å². The Bertz CT molecular complexity index is 936. The van der Waals surface area contributed by atoms with Crippen LogP contribution in [0.5, 0.6) is 11.5 Å². The van der Waals surface area contributed by atoms with Crippen molar-refractivity contribution in [1.29, 1.82) is 0 Å². The standard InChI is InChI=1S/C26H39NO11/c1-7-12-33-24(30)36-17(6)13-19(22(27)23(28)29)18-10-11-20(37-25(31)34-15(4)8-2)21(14-18)38-26(32)35-16(5)9-3/h10-11,14-17,19,22H,7-9,12-13,27H2,1-6H3,(H,28,29)/t15?,16?,17?,19?,22-/m0/s1. The number of ether oxygens (including phenoxy) is 6. The summed E-state index contributed by atoms with van der Waals surface area (Å²) >= 11 is 0. The highest BCUT2D eigenvalue weighted by Crippen LogP contribution is 2.35. The zero-order valence-corrected chi connectivity index (χ0v) is 22.8. The van der Waals surface area contributed by atoms with Gasteiger partial charge >= 0.3 is 24.4 Å². The molecule has 0 aliphatic carbocycles. The zero-order chi connectivity index (χ0) is 28.8. The Morgan fingerprint density at radius 3 is 1.84 bits per heavy atom. The first-order valence-electron chi connectivity index (χ1n) is 12.6. The van der Waals surface area contributed by atoms with E-state index in [0.717, 1.165) is 0 Å². The van der Waals surface area contributed by atoms with Crippen molar-refractivity contribution in [2.24, 2.45) is 5.73 Å². The maximum absolute atomic E-state index is 12.3. The van der Waals surface area contributed by atoms with E-state index in [4.69, 9.17) is 34.2 Å². The number of nitrogens with two attached hydrogens (primary N) is 1. The third kappa shape index (κ3) is 11.2. The number of benzene rings is 1. The van der Waals surface area contributed by atoms with Crippen molar-refractivity contribution >= 4 is 24.4 Å². The van der Waals surface area contributed by atoms with E-state index < -0.39 is 54.7 Å². The number of carbonyl (C=O) groups is 4. The lowest BCUT2D eigenvalue weighted by atomic mass is 9.87. The summed E-state index contributed by atoms with van der Waals surface area (Å²) in [5.41, 5.74) is 6.29. The molecule has 0 aromatic heterocycles. The van der Waals surface area contributed by atoms with E-state index >= 15 is 0 Å². The van der Waals surface area contributed by atoms with Crippen LogP contribution in [0.15, 0.2) is 18.2 Å². The molecule has 0 heterocycles. The van der Waals surface area contributed by atoms with Gasteiger partial charge in [0.1, 0.15) is 24.4 Å². The minimum Gasteiger partial charge on any atom is -0.480 e. The van der Waals surface area contributed by atoms with Crippen molar-refractivity contribution in [2.45, 2.75) is 97.5 Å². The quantitative estimate of drug-likeness (QED) is 0.181. The average molecular weight is 542 g/mol. The van der Waals surface area contributed by atoms with Gasteiger partial charge in [0.25, 0.3) is 0 Å². The maximum Gasteiger partial charge on any atom is 0.514 e. The van der Waals surface area contributed by atoms with Crippen molar-refractivity contribution in [1.82, 2.24) is 0 Å². The van der Waals surface area contributed by atoms with Crippen LogP contribution in [0, 0.1) is 0 Å². The smallest absolute Gasteiger partial charge is 0.480 e. The molecule has 0 aliphatic heterocycles. The largest absolute Gasteiger partial charge is 0.514 e. The van der Waals surface area contributed by atoms with Gasteiger partial charge in [0.15, 0.2) is 11.5 Å². The van der Waals surface area contributed by atoms with E-state index in [1.807, 2.05) is 20.8 Å². The Morgan fingerprint density at radius 1 is 0.816 bits per heavy atom. The van der Waals surface area contributed by atoms with E-state index in [-0.39, 0.29) is 24.5 Å². The number of hydrogen-bond acceptors (Lipinski definition) is 11. The Morgan fingerprint density at radius 2 is 1.34 bits per heavy atom. The average Bonchev–Trinajstić information content (AvgIpc) is 2.86. The van der Waals surface area contributed by atoms with Gasteiger partial charge in [-0.15, -0.1) is 0 Å². The highest BCUT2D eigenvalue weighted by molar-refractivity contribution is 5.75. The van der Waals surface area contributed by atoms with Gasteiger partial charge in [0.05, 0.1) is 6.61 Å². The second kappa shape index (κ2) is 16.3. The Balaban J connectivity index is 3.32. The molecular formula is C26H39NO11. The molecule has 0 bridgehead atoms. The number of aliphatic carboxylic acids is 1. The zero-order valence-electron chi connectivity index (χ0n) is 22.8. The fourth-order valence-electron chi connectivity index (χ4n) is 3.09. The summed E-state index contributed by atoms with van der Waals surface area (Å²) in [6, 6.07) is 2.70. The van der Waals surface area contributed by atoms with Gasteiger partial charge in [0, 0.05) is 5.92 Å². The minimum absolute atomic E-state index is 0.00169. The third-order valence-electron chi connectivity index (χ3n) is 5.55. The molecule has 214 valence electrons. The molecular weight excluding hydrogens is 502 g/mol. The fourth-order valence-corrected chi connectivity index (χ4v) is 3.09. The van der Waals surface area contributed by atoms with Crippen LogP contribution < -0.4 is 15.2 Å². The lowest BCUT2D eigenvalue weighted by Crippen LogP contribution is -2.38. The third-order valence-corrected chi connectivity index (χ3v) is 5.55. The van der Waals surface area contributed by atoms with E-state index in [0.29, 0.717) is 24.8 Å². The fraction of sp³-hybridized carbons (Fsp3) is 0.615. The molecule has 0 saturated carbocycles. The molecule has 0 saturated heterocycles. The first-order valence-corrected chi connectivity index (χ1v) is 12.6. The normalized spacial score (nSPS) is 14.7. The lowest BCUT2D eigenvalue weighted by molar-refractivity contribution is -0.139. The van der Waals surface area contributed by atoms with Gasteiger partial charge in [-0.2, -0.15) is 0 Å². The first-order chi connectivity index (χ1) is 17.9. The predicted molar refractivity (Wildman–Crippen MR) is 135 cm³/mol. The lowest BCUT2D eigenvalue weighted by Gasteiger charge is -2.25. The van der Waals surface area contributed by atoms with Crippen LogP contribution in [0.2, 0.25) is 0 Å². The molecule has 1 rings (SSSR count). The molecule has 0 amide bonds. The summed E-state index contributed by atoms with van der Waals surface area (Å²) in [5, 5.41) is 9.60. The van der Waals surface area contributed by atoms with Crippen molar-refractivity contribution in [2.75, 3.05) is 6.61 Å². The molecule has 5 atom stereocenters. The monoisotopic (exact) mass is 541 g/mol. The van der Waals surface area contributed by atoms with Crippen LogP contribution in [-0.2, 0) is 23.7 Å². The molecule has 12 heteroatoms. The van der Waals surface area contributed by atoms with Crippen LogP contribution in [0.1, 0.15) is 78.7 Å². The summed E-state index contributed by atoms with van der Waals surface area (Å²) < 4.78 is 30.9. The number of carboxylic acids is 1. The van der Waals surface area contributed by atoms with Crippen molar-refractivity contribution in [3.05, 3.63) is 23.8 Å². The van der Waals surface area contributed by atoms with Gasteiger partial charge in [-0.1, -0.05) is 26.8 Å². The molecule has 0 radical (unpaired) electrons. The Labute approximate surface area is 222 Å². The minimum atomic E-state index is -1.41. The first kappa shape index (κ1) is 32.5. The highest BCUT2D eigenvalue weighted by atomic mass is 16.8. The Kier molecular flexibility index (Phi) is 14.0. The molecule has 4 unspecified atom stereocenters. The molecule has 1 aromatic carbocycles. The number of carbonyl (C=O) groups excluding carboxylic acids is 3. The van der Waals surface area contributed by atoms with E-state index in [2.05, 4.69) is 0 Å². The SMILES string of the molecule is CCCOC(=O)OC(C)CC(c1ccc(OC(=O)OC(C)CC)c(OC(=O)OC(C)CC)c1)[C@H](N)C(=O)O. The Hall–Kier alpha value is -3.54. The molecule has 3 N–H and O–H groups in total. The molecule has 38 heavy (non-hydrogen) atoms. The summed E-state index contributed by atoms with van der Waals surface area (Å²) in [6.45, 7) is 10.6. The second-order valence-electron chi connectivity index (χ2n) is 8.82. The van der Waals surface area contributed by atoms with Gasteiger partial charge in [-0.3, -0.25) is 4.79 Å².